The quantitative estimate of drug-likeness (QED) is 0.345. The molecule has 0 unspecified atom stereocenters. The van der Waals surface area contributed by atoms with E-state index in [0.717, 1.165) is 49.6 Å². The van der Waals surface area contributed by atoms with E-state index in [1.54, 1.807) is 11.3 Å². The van der Waals surface area contributed by atoms with E-state index < -0.39 is 11.1 Å². The molecule has 7 heteroatoms. The van der Waals surface area contributed by atoms with E-state index in [-0.39, 0.29) is 5.41 Å². The van der Waals surface area contributed by atoms with Crippen molar-refractivity contribution in [2.45, 2.75) is 57.1 Å². The number of thiophene rings is 1. The third-order valence-electron chi connectivity index (χ3n) is 6.94. The van der Waals surface area contributed by atoms with Crippen molar-refractivity contribution < 1.29 is 5.11 Å². The van der Waals surface area contributed by atoms with Crippen molar-refractivity contribution in [3.63, 3.8) is 0 Å². The zero-order valence-electron chi connectivity index (χ0n) is 20.4. The Balaban J connectivity index is 1.52. The maximum atomic E-state index is 10.2. The maximum Gasteiger partial charge on any atom is 0.165 e. The summed E-state index contributed by atoms with van der Waals surface area (Å²) in [6, 6.07) is 16.7. The number of nitrogens with two attached hydrogens (primary N) is 1. The van der Waals surface area contributed by atoms with Crippen LogP contribution in [0.1, 0.15) is 51.8 Å². The van der Waals surface area contributed by atoms with Crippen molar-refractivity contribution in [2.75, 3.05) is 0 Å². The summed E-state index contributed by atoms with van der Waals surface area (Å²) in [5.41, 5.74) is 11.9. The van der Waals surface area contributed by atoms with Crippen LogP contribution >= 0.6 is 11.3 Å². The van der Waals surface area contributed by atoms with Crippen molar-refractivity contribution in [1.29, 1.82) is 0 Å². The highest BCUT2D eigenvalue weighted by atomic mass is 32.1. The topological polar surface area (TPSA) is 89.3 Å². The largest absolute Gasteiger partial charge is 0.390 e. The van der Waals surface area contributed by atoms with Crippen LogP contribution < -0.4 is 5.73 Å². The van der Waals surface area contributed by atoms with Crippen LogP contribution in [0.4, 0.5) is 0 Å². The van der Waals surface area contributed by atoms with Crippen LogP contribution in [0, 0.1) is 0 Å². The summed E-state index contributed by atoms with van der Waals surface area (Å²) in [6.07, 6.45) is 3.01. The van der Waals surface area contributed by atoms with Gasteiger partial charge in [0, 0.05) is 44.6 Å². The Labute approximate surface area is 208 Å². The van der Waals surface area contributed by atoms with Crippen molar-refractivity contribution in [3.8, 4) is 21.7 Å². The molecule has 6 nitrogen and oxygen atoms in total. The number of fused-ring (bicyclic) bond motifs is 3. The molecule has 1 aliphatic rings. The minimum atomic E-state index is -0.686. The molecule has 0 aliphatic heterocycles. The predicted molar refractivity (Wildman–Crippen MR) is 141 cm³/mol. The smallest absolute Gasteiger partial charge is 0.165 e. The Kier molecular flexibility index (Phi) is 4.75. The van der Waals surface area contributed by atoms with E-state index in [4.69, 9.17) is 15.8 Å². The number of hydrogen-bond acceptors (Lipinski definition) is 6. The molecule has 1 fully saturated rings. The lowest BCUT2D eigenvalue weighted by Crippen LogP contribution is -2.58. The molecule has 1 saturated carbocycles. The lowest BCUT2D eigenvalue weighted by molar-refractivity contribution is -0.0738. The molecule has 0 atom stereocenters. The van der Waals surface area contributed by atoms with Crippen LogP contribution in [0.2, 0.25) is 0 Å². The zero-order chi connectivity index (χ0) is 24.6. The van der Waals surface area contributed by atoms with Gasteiger partial charge in [0.25, 0.3) is 0 Å². The van der Waals surface area contributed by atoms with Gasteiger partial charge >= 0.3 is 0 Å². The molecule has 4 aromatic heterocycles. The Morgan fingerprint density at radius 2 is 1.83 bits per heavy atom. The van der Waals surface area contributed by atoms with Crippen LogP contribution in [-0.4, -0.2) is 30.3 Å². The molecule has 3 N–H and O–H groups in total. The second-order valence-corrected chi connectivity index (χ2v) is 12.1. The molecule has 178 valence electrons. The second kappa shape index (κ2) is 7.43. The van der Waals surface area contributed by atoms with Crippen molar-refractivity contribution in [3.05, 3.63) is 71.4 Å². The van der Waals surface area contributed by atoms with E-state index >= 15 is 0 Å². The van der Waals surface area contributed by atoms with Gasteiger partial charge in [0.2, 0.25) is 0 Å². The molecule has 35 heavy (non-hydrogen) atoms. The molecule has 0 bridgehead atoms. The van der Waals surface area contributed by atoms with Crippen molar-refractivity contribution in [2.24, 2.45) is 5.73 Å². The fourth-order valence-electron chi connectivity index (χ4n) is 5.22. The third kappa shape index (κ3) is 3.75. The number of rotatable bonds is 3. The minimum Gasteiger partial charge on any atom is -0.390 e. The monoisotopic (exact) mass is 483 g/mol. The minimum absolute atomic E-state index is 0.0834. The molecule has 1 aromatic carbocycles. The van der Waals surface area contributed by atoms with Crippen LogP contribution in [0.5, 0.6) is 0 Å². The average molecular weight is 484 g/mol. The van der Waals surface area contributed by atoms with Crippen molar-refractivity contribution >= 4 is 28.0 Å². The predicted octanol–water partition coefficient (Wildman–Crippen LogP) is 5.67. The fourth-order valence-corrected chi connectivity index (χ4v) is 5.96. The van der Waals surface area contributed by atoms with Gasteiger partial charge in [-0.3, -0.25) is 0 Å². The van der Waals surface area contributed by atoms with Gasteiger partial charge in [-0.2, -0.15) is 9.61 Å². The van der Waals surface area contributed by atoms with E-state index in [1.165, 1.54) is 0 Å². The van der Waals surface area contributed by atoms with Crippen LogP contribution in [0.25, 0.3) is 38.4 Å². The van der Waals surface area contributed by atoms with Gasteiger partial charge in [0.15, 0.2) is 11.3 Å². The third-order valence-corrected chi connectivity index (χ3v) is 7.84. The maximum absolute atomic E-state index is 10.2. The van der Waals surface area contributed by atoms with E-state index in [2.05, 4.69) is 73.6 Å². The van der Waals surface area contributed by atoms with Gasteiger partial charge in [-0.15, -0.1) is 11.3 Å². The van der Waals surface area contributed by atoms with Gasteiger partial charge in [-0.1, -0.05) is 51.1 Å². The summed E-state index contributed by atoms with van der Waals surface area (Å²) in [5.74, 6) is 0. The molecule has 0 radical (unpaired) electrons. The normalized spacial score (nSPS) is 22.6. The molecular formula is C28H29N5OS. The summed E-state index contributed by atoms with van der Waals surface area (Å²) in [6.45, 7) is 8.29. The molecule has 0 saturated heterocycles. The molecule has 1 aliphatic carbocycles. The van der Waals surface area contributed by atoms with Gasteiger partial charge in [0.1, 0.15) is 0 Å². The molecule has 6 rings (SSSR count). The molecule has 0 amide bonds. The summed E-state index contributed by atoms with van der Waals surface area (Å²) in [7, 11) is 0. The van der Waals surface area contributed by atoms with Gasteiger partial charge in [-0.05, 0) is 42.8 Å². The average Bonchev–Trinajstić information content (AvgIpc) is 3.47. The Morgan fingerprint density at radius 1 is 1.09 bits per heavy atom. The number of pyridine rings is 1. The number of nitrogens with zero attached hydrogens (tertiary/aromatic N) is 4. The van der Waals surface area contributed by atoms with Crippen LogP contribution in [-0.2, 0) is 11.0 Å². The molecule has 4 heterocycles. The van der Waals surface area contributed by atoms with Crippen LogP contribution in [0.15, 0.2) is 60.1 Å². The van der Waals surface area contributed by atoms with E-state index in [1.807, 2.05) is 23.7 Å². The summed E-state index contributed by atoms with van der Waals surface area (Å²) in [5, 5.41) is 18.1. The number of aromatic nitrogens is 4. The fraction of sp³-hybridized carbons (Fsp3) is 0.321. The summed E-state index contributed by atoms with van der Waals surface area (Å²) < 4.78 is 1.86. The first kappa shape index (κ1) is 22.3. The standard InChI is InChI=1S/C28H29N5OS/c1-26(2,3)22-13-23-30-14-18-12-20(21-6-5-11-35-21)24(31-25(18)33(23)32-22)17-7-9-19(10-8-17)28(29)15-27(4,34)16-28/h5-14,34H,15-16,29H2,1-4H3/t27-,28-. The first-order chi connectivity index (χ1) is 16.5. The Hall–Kier alpha value is -3.13. The molecule has 5 aromatic rings. The first-order valence-electron chi connectivity index (χ1n) is 11.9. The van der Waals surface area contributed by atoms with Gasteiger partial charge in [-0.25, -0.2) is 9.97 Å². The first-order valence-corrected chi connectivity index (χ1v) is 12.8. The lowest BCUT2D eigenvalue weighted by Gasteiger charge is -2.49. The zero-order valence-corrected chi connectivity index (χ0v) is 21.2. The Bertz CT molecular complexity index is 1550. The van der Waals surface area contributed by atoms with Gasteiger partial charge in [0.05, 0.1) is 17.0 Å². The molecule has 0 spiro atoms. The number of hydrogen-bond donors (Lipinski definition) is 2. The summed E-state index contributed by atoms with van der Waals surface area (Å²) >= 11 is 1.69. The number of benzene rings is 1. The molecular weight excluding hydrogens is 454 g/mol. The lowest BCUT2D eigenvalue weighted by atomic mass is 9.63. The van der Waals surface area contributed by atoms with Crippen LogP contribution in [0.3, 0.4) is 0 Å². The Morgan fingerprint density at radius 3 is 2.46 bits per heavy atom. The second-order valence-electron chi connectivity index (χ2n) is 11.2. The van der Waals surface area contributed by atoms with Crippen molar-refractivity contribution in [1.82, 2.24) is 19.6 Å². The van der Waals surface area contributed by atoms with E-state index in [9.17, 15) is 5.11 Å². The summed E-state index contributed by atoms with van der Waals surface area (Å²) in [4.78, 5) is 11.0. The number of aliphatic hydroxyl groups is 1. The highest BCUT2D eigenvalue weighted by Crippen LogP contribution is 2.46. The SMILES string of the molecule is CC(C)(C)c1cc2ncc3cc(-c4cccs4)c(-c4ccc([C@]5(N)C[C@](C)(O)C5)cc4)nc3n2n1. The van der Waals surface area contributed by atoms with E-state index in [0.29, 0.717) is 12.8 Å². The highest BCUT2D eigenvalue weighted by molar-refractivity contribution is 7.13. The van der Waals surface area contributed by atoms with Gasteiger partial charge < -0.3 is 10.8 Å². The highest BCUT2D eigenvalue weighted by Gasteiger charge is 2.49.